The van der Waals surface area contributed by atoms with Crippen molar-refractivity contribution in [3.05, 3.63) is 47.0 Å². The van der Waals surface area contributed by atoms with Gasteiger partial charge in [0.15, 0.2) is 28.9 Å². The molecule has 0 heterocycles. The number of halogens is 5. The molecule has 2 rings (SSSR count). The molecule has 8 heteroatoms. The lowest BCUT2D eigenvalue weighted by molar-refractivity contribution is -0.0522. The molecule has 0 saturated heterocycles. The van der Waals surface area contributed by atoms with Crippen molar-refractivity contribution in [3.63, 3.8) is 0 Å². The summed E-state index contributed by atoms with van der Waals surface area (Å²) in [5, 5.41) is -0.197. The molecule has 0 unspecified atom stereocenters. The first-order valence-corrected chi connectivity index (χ1v) is 5.92. The first kappa shape index (κ1) is 15.2. The Labute approximate surface area is 121 Å². The van der Waals surface area contributed by atoms with Crippen LogP contribution in [0.4, 0.5) is 23.2 Å². The summed E-state index contributed by atoms with van der Waals surface area (Å²) in [5.74, 6) is -3.25. The van der Waals surface area contributed by atoms with Crippen LogP contribution >= 0.6 is 11.6 Å². The maximum absolute atomic E-state index is 13.7. The molecule has 0 radical (unpaired) electrons. The highest BCUT2D eigenvalue weighted by atomic mass is 35.5. The highest BCUT2D eigenvalue weighted by molar-refractivity contribution is 6.30. The van der Waals surface area contributed by atoms with Gasteiger partial charge in [-0.15, -0.1) is 0 Å². The summed E-state index contributed by atoms with van der Waals surface area (Å²) >= 11 is 5.58. The Bertz CT molecular complexity index is 667. The Morgan fingerprint density at radius 2 is 1.76 bits per heavy atom. The molecule has 0 fully saturated rings. The van der Waals surface area contributed by atoms with Gasteiger partial charge in [-0.2, -0.15) is 8.78 Å². The van der Waals surface area contributed by atoms with E-state index in [1.165, 1.54) is 18.2 Å². The molecule has 0 aromatic heterocycles. The average Bonchev–Trinajstić information content (AvgIpc) is 2.40. The predicted octanol–water partition coefficient (Wildman–Crippen LogP) is 4.59. The zero-order chi connectivity index (χ0) is 15.6. The highest BCUT2D eigenvalue weighted by Gasteiger charge is 2.16. The number of hydrogen-bond acceptors (Lipinski definition) is 3. The number of rotatable bonds is 4. The van der Waals surface area contributed by atoms with Gasteiger partial charge in [-0.1, -0.05) is 17.7 Å². The third kappa shape index (κ3) is 3.49. The summed E-state index contributed by atoms with van der Waals surface area (Å²) in [4.78, 5) is 0. The largest absolute Gasteiger partial charge is 0.452 e. The molecule has 0 amide bonds. The molecule has 0 atom stereocenters. The number of nitrogens with two attached hydrogens (primary N) is 1. The first-order chi connectivity index (χ1) is 9.88. The van der Waals surface area contributed by atoms with Gasteiger partial charge < -0.3 is 15.2 Å². The average molecular weight is 322 g/mol. The highest BCUT2D eigenvalue weighted by Crippen LogP contribution is 2.36. The van der Waals surface area contributed by atoms with Crippen LogP contribution in [0, 0.1) is 11.6 Å². The van der Waals surface area contributed by atoms with E-state index in [-0.39, 0.29) is 22.2 Å². The van der Waals surface area contributed by atoms with Gasteiger partial charge in [0.25, 0.3) is 0 Å². The van der Waals surface area contributed by atoms with Crippen LogP contribution in [0.2, 0.25) is 5.02 Å². The molecule has 2 aromatic carbocycles. The van der Waals surface area contributed by atoms with Crippen molar-refractivity contribution < 1.29 is 27.0 Å². The molecule has 0 bridgehead atoms. The molecule has 21 heavy (non-hydrogen) atoms. The smallest absolute Gasteiger partial charge is 0.387 e. The second-order valence-electron chi connectivity index (χ2n) is 3.85. The van der Waals surface area contributed by atoms with Crippen molar-refractivity contribution in [2.75, 3.05) is 5.73 Å². The zero-order valence-corrected chi connectivity index (χ0v) is 11.0. The molecule has 0 aliphatic rings. The van der Waals surface area contributed by atoms with Crippen molar-refractivity contribution >= 4 is 17.3 Å². The minimum Gasteiger partial charge on any atom is -0.452 e. The van der Waals surface area contributed by atoms with E-state index in [0.717, 1.165) is 12.1 Å². The van der Waals surface area contributed by atoms with Crippen LogP contribution in [0.5, 0.6) is 17.2 Å². The van der Waals surface area contributed by atoms with E-state index in [4.69, 9.17) is 22.1 Å². The summed E-state index contributed by atoms with van der Waals surface area (Å²) in [6, 6.07) is 5.49. The fourth-order valence-electron chi connectivity index (χ4n) is 1.51. The van der Waals surface area contributed by atoms with Gasteiger partial charge in [-0.05, 0) is 12.1 Å². The molecule has 2 N–H and O–H groups in total. The molecular formula is C13H8ClF4NO2. The Kier molecular flexibility index (Phi) is 4.42. The first-order valence-electron chi connectivity index (χ1n) is 5.54. The van der Waals surface area contributed by atoms with Crippen LogP contribution in [-0.2, 0) is 0 Å². The maximum atomic E-state index is 13.7. The monoisotopic (exact) mass is 321 g/mol. The van der Waals surface area contributed by atoms with Crippen LogP contribution in [0.15, 0.2) is 30.3 Å². The van der Waals surface area contributed by atoms with Crippen LogP contribution in [0.3, 0.4) is 0 Å². The fourth-order valence-corrected chi connectivity index (χ4v) is 1.67. The second-order valence-corrected chi connectivity index (χ2v) is 4.26. The number of benzene rings is 2. The molecule has 112 valence electrons. The van der Waals surface area contributed by atoms with Gasteiger partial charge in [-0.25, -0.2) is 8.78 Å². The van der Waals surface area contributed by atoms with Gasteiger partial charge in [0, 0.05) is 12.1 Å². The van der Waals surface area contributed by atoms with E-state index in [1.807, 2.05) is 0 Å². The summed E-state index contributed by atoms with van der Waals surface area (Å²) in [7, 11) is 0. The zero-order valence-electron chi connectivity index (χ0n) is 10.2. The number of nitrogen functional groups attached to an aromatic ring is 1. The lowest BCUT2D eigenvalue weighted by Gasteiger charge is -2.12. The van der Waals surface area contributed by atoms with Crippen molar-refractivity contribution in [1.82, 2.24) is 0 Å². The van der Waals surface area contributed by atoms with E-state index in [2.05, 4.69) is 4.74 Å². The molecule has 0 saturated carbocycles. The maximum Gasteiger partial charge on any atom is 0.387 e. The third-order valence-electron chi connectivity index (χ3n) is 2.42. The van der Waals surface area contributed by atoms with Crippen molar-refractivity contribution in [2.45, 2.75) is 6.61 Å². The van der Waals surface area contributed by atoms with Crippen molar-refractivity contribution in [3.8, 4) is 17.2 Å². The van der Waals surface area contributed by atoms with Crippen molar-refractivity contribution in [1.29, 1.82) is 0 Å². The Morgan fingerprint density at radius 1 is 1.05 bits per heavy atom. The molecule has 0 aliphatic heterocycles. The second kappa shape index (κ2) is 6.09. The van der Waals surface area contributed by atoms with Gasteiger partial charge >= 0.3 is 6.61 Å². The van der Waals surface area contributed by atoms with Gasteiger partial charge in [0.05, 0.1) is 10.7 Å². The predicted molar refractivity (Wildman–Crippen MR) is 68.9 cm³/mol. The van der Waals surface area contributed by atoms with Crippen LogP contribution in [0.1, 0.15) is 0 Å². The minimum atomic E-state index is -3.22. The summed E-state index contributed by atoms with van der Waals surface area (Å²) < 4.78 is 60.4. The third-order valence-corrected chi connectivity index (χ3v) is 2.71. The van der Waals surface area contributed by atoms with Gasteiger partial charge in [0.2, 0.25) is 0 Å². The van der Waals surface area contributed by atoms with E-state index in [0.29, 0.717) is 0 Å². The summed E-state index contributed by atoms with van der Waals surface area (Å²) in [6.07, 6.45) is 0. The Balaban J connectivity index is 2.37. The van der Waals surface area contributed by atoms with Crippen LogP contribution < -0.4 is 15.2 Å². The van der Waals surface area contributed by atoms with Crippen molar-refractivity contribution in [2.24, 2.45) is 0 Å². The van der Waals surface area contributed by atoms with Gasteiger partial charge in [-0.3, -0.25) is 0 Å². The van der Waals surface area contributed by atoms with Gasteiger partial charge in [0.1, 0.15) is 0 Å². The van der Waals surface area contributed by atoms with E-state index in [1.54, 1.807) is 0 Å². The minimum absolute atomic E-state index is 0.197. The SMILES string of the molecule is Nc1cc(F)c(OC(F)F)cc1Oc1cccc(Cl)c1F. The topological polar surface area (TPSA) is 44.5 Å². The van der Waals surface area contributed by atoms with E-state index >= 15 is 0 Å². The normalized spacial score (nSPS) is 10.8. The lowest BCUT2D eigenvalue weighted by atomic mass is 10.2. The Morgan fingerprint density at radius 3 is 2.43 bits per heavy atom. The number of alkyl halides is 2. The van der Waals surface area contributed by atoms with E-state index < -0.39 is 24.0 Å². The quantitative estimate of drug-likeness (QED) is 0.661. The number of ether oxygens (including phenoxy) is 2. The Hall–Kier alpha value is -2.15. The summed E-state index contributed by atoms with van der Waals surface area (Å²) in [6.45, 7) is -3.22. The lowest BCUT2D eigenvalue weighted by Crippen LogP contribution is -2.05. The molecular weight excluding hydrogens is 314 g/mol. The molecule has 3 nitrogen and oxygen atoms in total. The molecule has 0 aliphatic carbocycles. The molecule has 2 aromatic rings. The standard InChI is InChI=1S/C13H8ClF4NO2/c14-6-2-1-3-9(12(6)16)20-11-5-10(21-13(17)18)7(15)4-8(11)19/h1-5,13H,19H2. The van der Waals surface area contributed by atoms with E-state index in [9.17, 15) is 17.6 Å². The fraction of sp³-hybridized carbons (Fsp3) is 0.0769. The van der Waals surface area contributed by atoms with Crippen LogP contribution in [0.25, 0.3) is 0 Å². The van der Waals surface area contributed by atoms with Crippen LogP contribution in [-0.4, -0.2) is 6.61 Å². The summed E-state index contributed by atoms with van der Waals surface area (Å²) in [5.41, 5.74) is 5.28. The number of hydrogen-bond donors (Lipinski definition) is 1. The molecule has 0 spiro atoms. The number of anilines is 1.